The zero-order chi connectivity index (χ0) is 11.5. The first-order valence-electron chi connectivity index (χ1n) is 5.08. The van der Waals surface area contributed by atoms with E-state index in [9.17, 15) is 9.90 Å². The highest BCUT2D eigenvalue weighted by atomic mass is 16.3. The van der Waals surface area contributed by atoms with Crippen molar-refractivity contribution in [1.82, 2.24) is 10.2 Å². The van der Waals surface area contributed by atoms with Crippen LogP contribution in [0.1, 0.15) is 6.92 Å². The number of rotatable bonds is 3. The fourth-order valence-corrected chi connectivity index (χ4v) is 1.49. The lowest BCUT2D eigenvalue weighted by Gasteiger charge is -2.09. The van der Waals surface area contributed by atoms with Crippen molar-refractivity contribution in [3.8, 4) is 0 Å². The van der Waals surface area contributed by atoms with E-state index in [1.54, 1.807) is 19.1 Å². The second-order valence-corrected chi connectivity index (χ2v) is 3.68. The maximum atomic E-state index is 11.5. The van der Waals surface area contributed by atoms with E-state index in [0.29, 0.717) is 17.7 Å². The molecule has 1 atom stereocenters. The van der Waals surface area contributed by atoms with E-state index in [-0.39, 0.29) is 5.56 Å². The summed E-state index contributed by atoms with van der Waals surface area (Å²) in [6, 6.07) is 7.21. The molecule has 3 N–H and O–H groups in total. The topological polar surface area (TPSA) is 78.0 Å². The van der Waals surface area contributed by atoms with Crippen molar-refractivity contribution in [3.63, 3.8) is 0 Å². The predicted octanol–water partition coefficient (Wildman–Crippen LogP) is 0.716. The molecule has 0 aliphatic carbocycles. The number of aromatic nitrogens is 2. The molecular formula is C11H13N3O2. The van der Waals surface area contributed by atoms with Crippen molar-refractivity contribution in [3.05, 3.63) is 34.6 Å². The Morgan fingerprint density at radius 3 is 2.81 bits per heavy atom. The molecule has 0 bridgehead atoms. The maximum Gasteiger partial charge on any atom is 0.272 e. The van der Waals surface area contributed by atoms with Crippen LogP contribution in [-0.4, -0.2) is 28.0 Å². The van der Waals surface area contributed by atoms with Gasteiger partial charge < -0.3 is 10.4 Å². The van der Waals surface area contributed by atoms with Crippen molar-refractivity contribution in [2.24, 2.45) is 0 Å². The molecule has 1 aromatic carbocycles. The summed E-state index contributed by atoms with van der Waals surface area (Å²) in [7, 11) is 0. The number of aliphatic hydroxyl groups excluding tert-OH is 1. The highest BCUT2D eigenvalue weighted by Gasteiger charge is 2.05. The van der Waals surface area contributed by atoms with Crippen LogP contribution in [0, 0.1) is 0 Å². The van der Waals surface area contributed by atoms with Gasteiger partial charge in [-0.05, 0) is 13.0 Å². The number of aromatic amines is 1. The zero-order valence-electron chi connectivity index (χ0n) is 8.90. The second-order valence-electron chi connectivity index (χ2n) is 3.68. The van der Waals surface area contributed by atoms with Gasteiger partial charge >= 0.3 is 0 Å². The Labute approximate surface area is 92.1 Å². The number of aliphatic hydroxyl groups is 1. The third kappa shape index (κ3) is 2.04. The summed E-state index contributed by atoms with van der Waals surface area (Å²) in [5.41, 5.74) is -0.210. The molecule has 0 saturated carbocycles. The Kier molecular flexibility index (Phi) is 2.87. The molecule has 0 aliphatic rings. The number of hydrogen-bond acceptors (Lipinski definition) is 4. The van der Waals surface area contributed by atoms with Gasteiger partial charge in [-0.25, -0.2) is 5.10 Å². The number of nitrogens with zero attached hydrogens (tertiary/aromatic N) is 1. The summed E-state index contributed by atoms with van der Waals surface area (Å²) in [6.45, 7) is 2.07. The predicted molar refractivity (Wildman–Crippen MR) is 62.5 cm³/mol. The lowest BCUT2D eigenvalue weighted by Crippen LogP contribution is -2.18. The highest BCUT2D eigenvalue weighted by molar-refractivity contribution is 5.90. The van der Waals surface area contributed by atoms with Crippen LogP contribution in [0.15, 0.2) is 29.1 Å². The van der Waals surface area contributed by atoms with Gasteiger partial charge in [0, 0.05) is 11.9 Å². The van der Waals surface area contributed by atoms with E-state index in [0.717, 1.165) is 5.39 Å². The SMILES string of the molecule is C[C@H](O)CNc1n[nH]c(=O)c2ccccc12. The summed E-state index contributed by atoms with van der Waals surface area (Å²) >= 11 is 0. The van der Waals surface area contributed by atoms with Crippen molar-refractivity contribution >= 4 is 16.6 Å². The average molecular weight is 219 g/mol. The Morgan fingerprint density at radius 1 is 1.44 bits per heavy atom. The fourth-order valence-electron chi connectivity index (χ4n) is 1.49. The number of benzene rings is 1. The number of fused-ring (bicyclic) bond motifs is 1. The minimum Gasteiger partial charge on any atom is -0.392 e. The van der Waals surface area contributed by atoms with Crippen LogP contribution in [0.3, 0.4) is 0 Å². The largest absolute Gasteiger partial charge is 0.392 e. The highest BCUT2D eigenvalue weighted by Crippen LogP contribution is 2.16. The third-order valence-electron chi connectivity index (χ3n) is 2.26. The Hall–Kier alpha value is -1.88. The smallest absolute Gasteiger partial charge is 0.272 e. The Balaban J connectivity index is 2.46. The molecule has 0 unspecified atom stereocenters. The average Bonchev–Trinajstić information content (AvgIpc) is 2.28. The van der Waals surface area contributed by atoms with E-state index >= 15 is 0 Å². The number of anilines is 1. The molecule has 0 aliphatic heterocycles. The molecule has 2 rings (SSSR count). The molecule has 5 heteroatoms. The Bertz CT molecular complexity index is 548. The summed E-state index contributed by atoms with van der Waals surface area (Å²) in [5, 5.41) is 19.8. The number of hydrogen-bond donors (Lipinski definition) is 3. The van der Waals surface area contributed by atoms with Crippen molar-refractivity contribution < 1.29 is 5.11 Å². The molecular weight excluding hydrogens is 206 g/mol. The normalized spacial score (nSPS) is 12.6. The Morgan fingerprint density at radius 2 is 2.12 bits per heavy atom. The molecule has 2 aromatic rings. The molecule has 0 radical (unpaired) electrons. The molecule has 16 heavy (non-hydrogen) atoms. The van der Waals surface area contributed by atoms with E-state index in [1.165, 1.54) is 0 Å². The monoisotopic (exact) mass is 219 g/mol. The molecule has 0 amide bonds. The summed E-state index contributed by atoms with van der Waals surface area (Å²) < 4.78 is 0. The molecule has 0 fully saturated rings. The van der Waals surface area contributed by atoms with E-state index in [1.807, 2.05) is 12.1 Å². The molecule has 5 nitrogen and oxygen atoms in total. The van der Waals surface area contributed by atoms with E-state index in [4.69, 9.17) is 0 Å². The third-order valence-corrected chi connectivity index (χ3v) is 2.26. The molecule has 84 valence electrons. The van der Waals surface area contributed by atoms with Crippen LogP contribution < -0.4 is 10.9 Å². The minimum atomic E-state index is -0.465. The van der Waals surface area contributed by atoms with Gasteiger partial charge in [0.05, 0.1) is 11.5 Å². The molecule has 1 aromatic heterocycles. The van der Waals surface area contributed by atoms with Crippen LogP contribution in [0.2, 0.25) is 0 Å². The lowest BCUT2D eigenvalue weighted by molar-refractivity contribution is 0.208. The van der Waals surface area contributed by atoms with Gasteiger partial charge in [0.2, 0.25) is 0 Å². The first-order valence-corrected chi connectivity index (χ1v) is 5.08. The van der Waals surface area contributed by atoms with Crippen LogP contribution in [-0.2, 0) is 0 Å². The van der Waals surface area contributed by atoms with Gasteiger partial charge in [0.15, 0.2) is 5.82 Å². The van der Waals surface area contributed by atoms with E-state index < -0.39 is 6.10 Å². The quantitative estimate of drug-likeness (QED) is 0.710. The molecule has 0 spiro atoms. The lowest BCUT2D eigenvalue weighted by atomic mass is 10.2. The van der Waals surface area contributed by atoms with Gasteiger partial charge in [-0.1, -0.05) is 18.2 Å². The van der Waals surface area contributed by atoms with Crippen LogP contribution in [0.25, 0.3) is 10.8 Å². The fraction of sp³-hybridized carbons (Fsp3) is 0.273. The summed E-state index contributed by atoms with van der Waals surface area (Å²) in [4.78, 5) is 11.5. The van der Waals surface area contributed by atoms with Crippen molar-refractivity contribution in [2.45, 2.75) is 13.0 Å². The zero-order valence-corrected chi connectivity index (χ0v) is 8.90. The van der Waals surface area contributed by atoms with E-state index in [2.05, 4.69) is 15.5 Å². The van der Waals surface area contributed by atoms with Gasteiger partial charge in [-0.15, -0.1) is 0 Å². The first kappa shape index (κ1) is 10.6. The van der Waals surface area contributed by atoms with Crippen LogP contribution >= 0.6 is 0 Å². The molecule has 1 heterocycles. The second kappa shape index (κ2) is 4.32. The van der Waals surface area contributed by atoms with Crippen molar-refractivity contribution in [1.29, 1.82) is 0 Å². The maximum absolute atomic E-state index is 11.5. The van der Waals surface area contributed by atoms with Gasteiger partial charge in [0.25, 0.3) is 5.56 Å². The standard InChI is InChI=1S/C11H13N3O2/c1-7(15)6-12-10-8-4-2-3-5-9(8)11(16)14-13-10/h2-5,7,15H,6H2,1H3,(H,12,13)(H,14,16)/t7-/m0/s1. The number of nitrogens with one attached hydrogen (secondary N) is 2. The van der Waals surface area contributed by atoms with Gasteiger partial charge in [-0.2, -0.15) is 5.10 Å². The summed E-state index contributed by atoms with van der Waals surface area (Å²) in [6.07, 6.45) is -0.465. The summed E-state index contributed by atoms with van der Waals surface area (Å²) in [5.74, 6) is 0.580. The van der Waals surface area contributed by atoms with Crippen LogP contribution in [0.4, 0.5) is 5.82 Å². The van der Waals surface area contributed by atoms with Gasteiger partial charge in [-0.3, -0.25) is 4.79 Å². The first-order chi connectivity index (χ1) is 7.68. The van der Waals surface area contributed by atoms with Gasteiger partial charge in [0.1, 0.15) is 0 Å². The minimum absolute atomic E-state index is 0.210. The molecule has 0 saturated heterocycles. The van der Waals surface area contributed by atoms with Crippen LogP contribution in [0.5, 0.6) is 0 Å². The van der Waals surface area contributed by atoms with Crippen molar-refractivity contribution in [2.75, 3.05) is 11.9 Å². The number of H-pyrrole nitrogens is 1.